The predicted octanol–water partition coefficient (Wildman–Crippen LogP) is 2.52. The van der Waals surface area contributed by atoms with E-state index in [-0.39, 0.29) is 18.3 Å². The molecule has 8 heteroatoms. The van der Waals surface area contributed by atoms with Gasteiger partial charge in [0.15, 0.2) is 6.61 Å². The van der Waals surface area contributed by atoms with Crippen LogP contribution >= 0.6 is 0 Å². The molecule has 0 bridgehead atoms. The lowest BCUT2D eigenvalue weighted by atomic mass is 10.1. The van der Waals surface area contributed by atoms with Crippen LogP contribution in [0.25, 0.3) is 22.5 Å². The average Bonchev–Trinajstić information content (AvgIpc) is 2.77. The lowest BCUT2D eigenvalue weighted by Crippen LogP contribution is -2.36. The Morgan fingerprint density at radius 3 is 2.56 bits per heavy atom. The number of benzene rings is 2. The summed E-state index contributed by atoms with van der Waals surface area (Å²) < 4.78 is 5.69. The number of aromatic amines is 1. The van der Waals surface area contributed by atoms with E-state index in [2.05, 4.69) is 9.97 Å². The fraction of sp³-hybridized carbons (Fsp3) is 0.292. The van der Waals surface area contributed by atoms with Crippen LogP contribution in [0.5, 0.6) is 11.5 Å². The van der Waals surface area contributed by atoms with Crippen LogP contribution in [-0.2, 0) is 4.79 Å². The van der Waals surface area contributed by atoms with Crippen LogP contribution in [0, 0.1) is 6.92 Å². The molecule has 0 radical (unpaired) electrons. The van der Waals surface area contributed by atoms with Crippen molar-refractivity contribution in [3.63, 3.8) is 0 Å². The van der Waals surface area contributed by atoms with Crippen molar-refractivity contribution in [1.29, 1.82) is 0 Å². The number of likely N-dealkylation sites (N-methyl/N-ethyl adjacent to an activating group) is 2. The summed E-state index contributed by atoms with van der Waals surface area (Å²) >= 11 is 0. The quantitative estimate of drug-likeness (QED) is 0.563. The topological polar surface area (TPSA) is 98.8 Å². The van der Waals surface area contributed by atoms with E-state index in [4.69, 9.17) is 4.74 Å². The minimum atomic E-state index is -0.479. The minimum absolute atomic E-state index is 0.0752. The summed E-state index contributed by atoms with van der Waals surface area (Å²) in [6, 6.07) is 14.0. The van der Waals surface area contributed by atoms with Crippen LogP contribution in [0.1, 0.15) is 5.56 Å². The van der Waals surface area contributed by atoms with Crippen LogP contribution in [0.3, 0.4) is 0 Å². The smallest absolute Gasteiger partial charge is 0.345 e. The van der Waals surface area contributed by atoms with Gasteiger partial charge in [-0.15, -0.1) is 0 Å². The molecule has 0 aliphatic carbocycles. The van der Waals surface area contributed by atoms with Crippen LogP contribution in [0.15, 0.2) is 53.3 Å². The van der Waals surface area contributed by atoms with E-state index in [0.717, 1.165) is 12.1 Å². The summed E-state index contributed by atoms with van der Waals surface area (Å²) in [5, 5.41) is 9.76. The van der Waals surface area contributed by atoms with Gasteiger partial charge in [-0.1, -0.05) is 12.1 Å². The number of nitrogens with zero attached hydrogens (tertiary/aromatic N) is 3. The fourth-order valence-corrected chi connectivity index (χ4v) is 3.06. The third-order valence-electron chi connectivity index (χ3n) is 5.05. The third kappa shape index (κ3) is 5.95. The number of rotatable bonds is 8. The van der Waals surface area contributed by atoms with Crippen LogP contribution in [0.4, 0.5) is 0 Å². The zero-order valence-electron chi connectivity index (χ0n) is 18.8. The Kier molecular flexibility index (Phi) is 7.27. The van der Waals surface area contributed by atoms with Gasteiger partial charge >= 0.3 is 5.69 Å². The molecule has 32 heavy (non-hydrogen) atoms. The molecule has 1 amide bonds. The highest BCUT2D eigenvalue weighted by atomic mass is 16.5. The standard InChI is InChI=1S/C24H28N4O4/c1-16-12-18(8-9-22(16)29)21-14-20(25-24(31)26-21)17-6-5-7-19(13-17)32-15-23(30)28(4)11-10-27(2)3/h5-9,12-14,29H,10-11,15H2,1-4H3,(H,25,26,31). The molecule has 2 N–H and O–H groups in total. The van der Waals surface area contributed by atoms with Gasteiger partial charge in [0, 0.05) is 25.7 Å². The van der Waals surface area contributed by atoms with Crippen molar-refractivity contribution >= 4 is 5.91 Å². The number of H-pyrrole nitrogens is 1. The van der Waals surface area contributed by atoms with E-state index in [1.54, 1.807) is 61.3 Å². The second-order valence-electron chi connectivity index (χ2n) is 7.92. The van der Waals surface area contributed by atoms with Crippen molar-refractivity contribution in [3.05, 3.63) is 64.6 Å². The Bertz CT molecular complexity index is 1160. The molecule has 3 rings (SSSR count). The summed E-state index contributed by atoms with van der Waals surface area (Å²) in [6.07, 6.45) is 0. The maximum atomic E-state index is 12.3. The van der Waals surface area contributed by atoms with Gasteiger partial charge < -0.3 is 24.6 Å². The van der Waals surface area contributed by atoms with Gasteiger partial charge in [-0.05, 0) is 68.5 Å². The first-order valence-electron chi connectivity index (χ1n) is 10.3. The van der Waals surface area contributed by atoms with Gasteiger partial charge in [-0.3, -0.25) is 4.79 Å². The number of hydrogen-bond acceptors (Lipinski definition) is 6. The first-order valence-corrected chi connectivity index (χ1v) is 10.3. The molecule has 168 valence electrons. The van der Waals surface area contributed by atoms with Gasteiger partial charge in [0.05, 0.1) is 11.4 Å². The summed E-state index contributed by atoms with van der Waals surface area (Å²) in [5.41, 5.74) is 2.75. The summed E-state index contributed by atoms with van der Waals surface area (Å²) in [5.74, 6) is 0.592. The highest BCUT2D eigenvalue weighted by Crippen LogP contribution is 2.27. The second-order valence-corrected chi connectivity index (χ2v) is 7.92. The Morgan fingerprint density at radius 2 is 1.84 bits per heavy atom. The number of ether oxygens (including phenoxy) is 1. The molecule has 1 aromatic heterocycles. The van der Waals surface area contributed by atoms with Gasteiger partial charge in [-0.25, -0.2) is 4.79 Å². The average molecular weight is 437 g/mol. The van der Waals surface area contributed by atoms with Crippen LogP contribution in [-0.4, -0.2) is 71.6 Å². The zero-order valence-corrected chi connectivity index (χ0v) is 18.8. The maximum absolute atomic E-state index is 12.3. The molecule has 0 aliphatic rings. The first kappa shape index (κ1) is 23.0. The zero-order chi connectivity index (χ0) is 23.3. The number of phenolic OH excluding ortho intramolecular Hbond substituents is 1. The molecule has 0 spiro atoms. The fourth-order valence-electron chi connectivity index (χ4n) is 3.06. The van der Waals surface area contributed by atoms with E-state index >= 15 is 0 Å². The summed E-state index contributed by atoms with van der Waals surface area (Å²) in [6.45, 7) is 3.10. The molecule has 0 aliphatic heterocycles. The number of nitrogens with one attached hydrogen (secondary N) is 1. The van der Waals surface area contributed by atoms with E-state index in [0.29, 0.717) is 34.8 Å². The van der Waals surface area contributed by atoms with E-state index in [1.165, 1.54) is 0 Å². The molecule has 0 saturated heterocycles. The number of amides is 1. The number of hydrogen-bond donors (Lipinski definition) is 2. The number of carbonyl (C=O) groups is 1. The molecule has 1 heterocycles. The van der Waals surface area contributed by atoms with Crippen molar-refractivity contribution in [2.45, 2.75) is 6.92 Å². The third-order valence-corrected chi connectivity index (χ3v) is 5.05. The van der Waals surface area contributed by atoms with Crippen LogP contribution in [0.2, 0.25) is 0 Å². The number of aryl methyl sites for hydroxylation is 1. The van der Waals surface area contributed by atoms with Crippen molar-refractivity contribution in [3.8, 4) is 34.0 Å². The molecule has 2 aromatic carbocycles. The molecule has 8 nitrogen and oxygen atoms in total. The Hall–Kier alpha value is -3.65. The lowest BCUT2D eigenvalue weighted by Gasteiger charge is -2.19. The van der Waals surface area contributed by atoms with Gasteiger partial charge in [-0.2, -0.15) is 4.98 Å². The van der Waals surface area contributed by atoms with Gasteiger partial charge in [0.25, 0.3) is 5.91 Å². The Labute approximate surface area is 187 Å². The van der Waals surface area contributed by atoms with Crippen LogP contribution < -0.4 is 10.4 Å². The minimum Gasteiger partial charge on any atom is -0.508 e. The number of phenols is 1. The van der Waals surface area contributed by atoms with Crippen molar-refractivity contribution < 1.29 is 14.6 Å². The molecular formula is C24H28N4O4. The Balaban J connectivity index is 1.77. The molecular weight excluding hydrogens is 408 g/mol. The normalized spacial score (nSPS) is 10.9. The number of carbonyl (C=O) groups excluding carboxylic acids is 1. The SMILES string of the molecule is Cc1cc(-c2cc(-c3cccc(OCC(=O)N(C)CCN(C)C)c3)nc(=O)[nH]2)ccc1O. The predicted molar refractivity (Wildman–Crippen MR) is 124 cm³/mol. The monoisotopic (exact) mass is 436 g/mol. The van der Waals surface area contributed by atoms with E-state index < -0.39 is 5.69 Å². The highest BCUT2D eigenvalue weighted by molar-refractivity contribution is 5.77. The van der Waals surface area contributed by atoms with E-state index in [1.807, 2.05) is 25.1 Å². The van der Waals surface area contributed by atoms with Crippen molar-refractivity contribution in [1.82, 2.24) is 19.8 Å². The summed E-state index contributed by atoms with van der Waals surface area (Å²) in [7, 11) is 5.66. The maximum Gasteiger partial charge on any atom is 0.345 e. The molecule has 0 unspecified atom stereocenters. The Morgan fingerprint density at radius 1 is 1.06 bits per heavy atom. The van der Waals surface area contributed by atoms with E-state index in [9.17, 15) is 14.7 Å². The van der Waals surface area contributed by atoms with Gasteiger partial charge in [0.1, 0.15) is 11.5 Å². The van der Waals surface area contributed by atoms with Gasteiger partial charge in [0.2, 0.25) is 0 Å². The lowest BCUT2D eigenvalue weighted by molar-refractivity contribution is -0.132. The highest BCUT2D eigenvalue weighted by Gasteiger charge is 2.11. The largest absolute Gasteiger partial charge is 0.508 e. The van der Waals surface area contributed by atoms with Crippen molar-refractivity contribution in [2.75, 3.05) is 40.8 Å². The molecule has 0 atom stereocenters. The molecule has 0 saturated carbocycles. The first-order chi connectivity index (χ1) is 15.2. The number of aromatic nitrogens is 2. The van der Waals surface area contributed by atoms with Crippen molar-refractivity contribution in [2.24, 2.45) is 0 Å². The second kappa shape index (κ2) is 10.1. The molecule has 3 aromatic rings. The molecule has 0 fully saturated rings. The number of aromatic hydroxyl groups is 1. The summed E-state index contributed by atoms with van der Waals surface area (Å²) in [4.78, 5) is 34.9.